The first-order valence-corrected chi connectivity index (χ1v) is 7.04. The molecule has 0 aromatic heterocycles. The second kappa shape index (κ2) is 5.31. The van der Waals surface area contributed by atoms with Gasteiger partial charge in [0, 0.05) is 0 Å². The Balaban J connectivity index is 2.42. The summed E-state index contributed by atoms with van der Waals surface area (Å²) in [4.78, 5) is -0.0590. The van der Waals surface area contributed by atoms with Crippen molar-refractivity contribution in [3.63, 3.8) is 0 Å². The quantitative estimate of drug-likeness (QED) is 0.815. The van der Waals surface area contributed by atoms with E-state index in [9.17, 15) is 12.8 Å². The maximum Gasteiger partial charge on any atom is 0.339 e. The normalized spacial score (nSPS) is 10.8. The minimum Gasteiger partial charge on any atom is -0.377 e. The van der Waals surface area contributed by atoms with Crippen molar-refractivity contribution >= 4 is 10.1 Å². The zero-order valence-electron chi connectivity index (χ0n) is 10.5. The maximum atomic E-state index is 13.4. The Bertz CT molecular complexity index is 777. The molecule has 0 spiro atoms. The lowest BCUT2D eigenvalue weighted by molar-refractivity contribution is 0.482. The molecule has 2 rings (SSSR count). The van der Waals surface area contributed by atoms with Crippen LogP contribution in [0.2, 0.25) is 0 Å². The van der Waals surface area contributed by atoms with Gasteiger partial charge in [0.1, 0.15) is 22.3 Å². The third kappa shape index (κ3) is 2.78. The Morgan fingerprint density at radius 3 is 2.40 bits per heavy atom. The molecule has 0 saturated carbocycles. The molecule has 4 nitrogen and oxygen atoms in total. The lowest BCUT2D eigenvalue weighted by atomic mass is 10.2. The minimum atomic E-state index is -4.10. The first-order valence-electron chi connectivity index (χ1n) is 5.64. The summed E-state index contributed by atoms with van der Waals surface area (Å²) in [6.45, 7) is 1.82. The van der Waals surface area contributed by atoms with Crippen LogP contribution in [0.4, 0.5) is 4.39 Å². The zero-order chi connectivity index (χ0) is 14.8. The largest absolute Gasteiger partial charge is 0.377 e. The number of hydrogen-bond acceptors (Lipinski definition) is 4. The second-order valence-corrected chi connectivity index (χ2v) is 5.62. The van der Waals surface area contributed by atoms with Crippen molar-refractivity contribution < 1.29 is 17.0 Å². The molecule has 20 heavy (non-hydrogen) atoms. The fraction of sp³-hybridized carbons (Fsp3) is 0.0714. The van der Waals surface area contributed by atoms with E-state index in [0.29, 0.717) is 0 Å². The molecule has 0 bridgehead atoms. The molecule has 0 radical (unpaired) electrons. The van der Waals surface area contributed by atoms with Crippen molar-refractivity contribution in [2.75, 3.05) is 0 Å². The molecule has 0 aliphatic carbocycles. The molecule has 0 unspecified atom stereocenters. The van der Waals surface area contributed by atoms with E-state index in [4.69, 9.17) is 9.44 Å². The van der Waals surface area contributed by atoms with Crippen LogP contribution in [0.5, 0.6) is 5.75 Å². The molecule has 0 aliphatic heterocycles. The van der Waals surface area contributed by atoms with E-state index >= 15 is 0 Å². The van der Waals surface area contributed by atoms with E-state index in [0.717, 1.165) is 11.6 Å². The summed E-state index contributed by atoms with van der Waals surface area (Å²) in [5, 5.41) is 8.84. The van der Waals surface area contributed by atoms with Gasteiger partial charge in [-0.15, -0.1) is 0 Å². The molecule has 2 aromatic carbocycles. The average Bonchev–Trinajstić information content (AvgIpc) is 2.39. The third-order valence-electron chi connectivity index (χ3n) is 2.60. The third-order valence-corrected chi connectivity index (χ3v) is 3.84. The highest BCUT2D eigenvalue weighted by Crippen LogP contribution is 2.24. The highest BCUT2D eigenvalue weighted by Gasteiger charge is 2.19. The van der Waals surface area contributed by atoms with Crippen molar-refractivity contribution in [3.8, 4) is 11.8 Å². The zero-order valence-corrected chi connectivity index (χ0v) is 11.3. The van der Waals surface area contributed by atoms with Crippen LogP contribution in [0, 0.1) is 24.1 Å². The van der Waals surface area contributed by atoms with Crippen molar-refractivity contribution in [1.29, 1.82) is 5.26 Å². The van der Waals surface area contributed by atoms with Crippen LogP contribution in [0.15, 0.2) is 47.4 Å². The lowest BCUT2D eigenvalue weighted by Gasteiger charge is -2.08. The van der Waals surface area contributed by atoms with Gasteiger partial charge in [0.2, 0.25) is 0 Å². The summed E-state index contributed by atoms with van der Waals surface area (Å²) in [5.41, 5.74) is 0.454. The molecule has 0 saturated heterocycles. The molecular weight excluding hydrogens is 281 g/mol. The Kier molecular flexibility index (Phi) is 3.72. The van der Waals surface area contributed by atoms with Crippen molar-refractivity contribution in [2.45, 2.75) is 11.8 Å². The summed E-state index contributed by atoms with van der Waals surface area (Å²) in [5.74, 6) is -1.16. The SMILES string of the molecule is Cc1ccc(S(=O)(=O)Oc2cccc(F)c2C#N)cc1. The number of hydrogen-bond donors (Lipinski definition) is 0. The van der Waals surface area contributed by atoms with Crippen LogP contribution >= 0.6 is 0 Å². The van der Waals surface area contributed by atoms with E-state index < -0.39 is 21.5 Å². The van der Waals surface area contributed by atoms with E-state index in [1.54, 1.807) is 18.2 Å². The Morgan fingerprint density at radius 1 is 1.15 bits per heavy atom. The van der Waals surface area contributed by atoms with Crippen molar-refractivity contribution in [1.82, 2.24) is 0 Å². The van der Waals surface area contributed by atoms with Crippen LogP contribution in [-0.2, 0) is 10.1 Å². The molecule has 0 fully saturated rings. The number of aryl methyl sites for hydroxylation is 1. The number of rotatable bonds is 3. The fourth-order valence-electron chi connectivity index (χ4n) is 1.55. The summed E-state index contributed by atoms with van der Waals surface area (Å²) in [6.07, 6.45) is 0. The predicted molar refractivity (Wildman–Crippen MR) is 70.1 cm³/mol. The van der Waals surface area contributed by atoms with Crippen molar-refractivity contribution in [2.24, 2.45) is 0 Å². The molecule has 0 aliphatic rings. The minimum absolute atomic E-state index is 0.0590. The highest BCUT2D eigenvalue weighted by atomic mass is 32.2. The van der Waals surface area contributed by atoms with Gasteiger partial charge in [-0.05, 0) is 31.2 Å². The van der Waals surface area contributed by atoms with Gasteiger partial charge in [-0.3, -0.25) is 0 Å². The fourth-order valence-corrected chi connectivity index (χ4v) is 2.49. The van der Waals surface area contributed by atoms with Crippen LogP contribution in [-0.4, -0.2) is 8.42 Å². The van der Waals surface area contributed by atoms with Gasteiger partial charge in [0.25, 0.3) is 0 Å². The summed E-state index contributed by atoms with van der Waals surface area (Å²) >= 11 is 0. The summed E-state index contributed by atoms with van der Waals surface area (Å²) in [6, 6.07) is 11.2. The molecule has 0 heterocycles. The summed E-state index contributed by atoms with van der Waals surface area (Å²) < 4.78 is 42.3. The monoisotopic (exact) mass is 291 g/mol. The van der Waals surface area contributed by atoms with E-state index in [2.05, 4.69) is 0 Å². The molecule has 6 heteroatoms. The first-order chi connectivity index (χ1) is 9.44. The van der Waals surface area contributed by atoms with Crippen LogP contribution in [0.25, 0.3) is 0 Å². The van der Waals surface area contributed by atoms with Crippen LogP contribution in [0.3, 0.4) is 0 Å². The molecule has 0 N–H and O–H groups in total. The van der Waals surface area contributed by atoms with Crippen molar-refractivity contribution in [3.05, 3.63) is 59.4 Å². The molecule has 2 aromatic rings. The molecule has 0 atom stereocenters. The van der Waals surface area contributed by atoms with Gasteiger partial charge in [0.15, 0.2) is 5.75 Å². The van der Waals surface area contributed by atoms with Crippen LogP contribution < -0.4 is 4.18 Å². The predicted octanol–water partition coefficient (Wildman–Crippen LogP) is 2.77. The number of benzene rings is 2. The standard InChI is InChI=1S/C14H10FNO3S/c1-10-5-7-11(8-6-10)20(17,18)19-14-4-2-3-13(15)12(14)9-16/h2-8H,1H3. The van der Waals surface area contributed by atoms with Gasteiger partial charge in [0.05, 0.1) is 0 Å². The smallest absolute Gasteiger partial charge is 0.339 e. The van der Waals surface area contributed by atoms with E-state index in [1.807, 2.05) is 6.92 Å². The van der Waals surface area contributed by atoms with E-state index in [-0.39, 0.29) is 10.6 Å². The number of nitrogens with zero attached hydrogens (tertiary/aromatic N) is 1. The molecular formula is C14H10FNO3S. The molecule has 102 valence electrons. The van der Waals surface area contributed by atoms with Gasteiger partial charge < -0.3 is 4.18 Å². The Hall–Kier alpha value is -2.39. The Labute approximate surface area is 116 Å². The number of nitriles is 1. The van der Waals surface area contributed by atoms with Gasteiger partial charge >= 0.3 is 10.1 Å². The van der Waals surface area contributed by atoms with Gasteiger partial charge in [-0.25, -0.2) is 4.39 Å². The lowest BCUT2D eigenvalue weighted by Crippen LogP contribution is -2.11. The Morgan fingerprint density at radius 2 is 1.80 bits per heavy atom. The maximum absolute atomic E-state index is 13.4. The first kappa shape index (κ1) is 14.0. The second-order valence-electron chi connectivity index (χ2n) is 4.08. The highest BCUT2D eigenvalue weighted by molar-refractivity contribution is 7.87. The topological polar surface area (TPSA) is 67.2 Å². The number of halogens is 1. The average molecular weight is 291 g/mol. The van der Waals surface area contributed by atoms with Gasteiger partial charge in [-0.2, -0.15) is 13.7 Å². The molecule has 0 amide bonds. The summed E-state index contributed by atoms with van der Waals surface area (Å²) in [7, 11) is -4.10. The van der Waals surface area contributed by atoms with Gasteiger partial charge in [-0.1, -0.05) is 23.8 Å². The van der Waals surface area contributed by atoms with Crippen LogP contribution in [0.1, 0.15) is 11.1 Å². The van der Waals surface area contributed by atoms with E-state index in [1.165, 1.54) is 24.3 Å².